The van der Waals surface area contributed by atoms with E-state index >= 15 is 0 Å². The van der Waals surface area contributed by atoms with Gasteiger partial charge in [0, 0.05) is 11.6 Å². The van der Waals surface area contributed by atoms with Crippen molar-refractivity contribution < 1.29 is 13.5 Å². The molecule has 1 aromatic heterocycles. The van der Waals surface area contributed by atoms with Crippen LogP contribution in [0, 0.1) is 5.92 Å². The van der Waals surface area contributed by atoms with Gasteiger partial charge in [0.1, 0.15) is 0 Å². The van der Waals surface area contributed by atoms with E-state index in [9.17, 15) is 13.5 Å². The maximum atomic E-state index is 11.8. The number of sulfone groups is 1. The van der Waals surface area contributed by atoms with E-state index in [0.29, 0.717) is 10.8 Å². The summed E-state index contributed by atoms with van der Waals surface area (Å²) in [6, 6.07) is 11.6. The zero-order valence-electron chi connectivity index (χ0n) is 19.1. The van der Waals surface area contributed by atoms with Gasteiger partial charge in [0.2, 0.25) is 0 Å². The highest BCUT2D eigenvalue weighted by Gasteiger charge is 2.48. The molecule has 1 fully saturated rings. The number of benzene rings is 2. The minimum absolute atomic E-state index is 0.126. The molecule has 0 bridgehead atoms. The van der Waals surface area contributed by atoms with Crippen molar-refractivity contribution in [3.05, 3.63) is 53.7 Å². The smallest absolute Gasteiger partial charge is 0.175 e. The molecule has 1 N–H and O–H groups in total. The van der Waals surface area contributed by atoms with Crippen molar-refractivity contribution >= 4 is 20.7 Å². The van der Waals surface area contributed by atoms with Crippen molar-refractivity contribution in [2.45, 2.75) is 74.7 Å². The quantitative estimate of drug-likeness (QED) is 0.609. The highest BCUT2D eigenvalue weighted by atomic mass is 32.2. The van der Waals surface area contributed by atoms with Crippen LogP contribution in [0.25, 0.3) is 16.6 Å². The van der Waals surface area contributed by atoms with Crippen LogP contribution in [0.1, 0.15) is 63.5 Å². The Labute approximate surface area is 190 Å². The standard InChI is InChI=1S/C26H32N2O3S/c1-4-26-13-12-25(2,29)16-20(26)7-5-6-18-15-24-19(14-23(18)26)17-27-28(24)21-8-10-22(11-9-21)32(3,30)31/h8-11,14-15,17,20,29H,4-7,12-13,16H2,1-3H3/t20-,25-,26-/m1/s1. The molecule has 3 atom stereocenters. The molecule has 6 heteroatoms. The van der Waals surface area contributed by atoms with E-state index in [-0.39, 0.29) is 5.41 Å². The van der Waals surface area contributed by atoms with Gasteiger partial charge in [-0.3, -0.25) is 0 Å². The number of aryl methyl sites for hydroxylation is 1. The first-order valence-electron chi connectivity index (χ1n) is 11.7. The van der Waals surface area contributed by atoms with E-state index in [1.807, 2.05) is 29.9 Å². The Morgan fingerprint density at radius 1 is 1.19 bits per heavy atom. The van der Waals surface area contributed by atoms with Gasteiger partial charge in [-0.2, -0.15) is 5.10 Å². The van der Waals surface area contributed by atoms with E-state index < -0.39 is 15.4 Å². The molecule has 0 unspecified atom stereocenters. The fourth-order valence-electron chi connectivity index (χ4n) is 6.28. The Kier molecular flexibility index (Phi) is 5.02. The van der Waals surface area contributed by atoms with Crippen molar-refractivity contribution in [3.63, 3.8) is 0 Å². The highest BCUT2D eigenvalue weighted by molar-refractivity contribution is 7.90. The maximum absolute atomic E-state index is 11.8. The minimum atomic E-state index is -3.22. The lowest BCUT2D eigenvalue weighted by atomic mass is 9.57. The zero-order valence-corrected chi connectivity index (χ0v) is 20.0. The first-order chi connectivity index (χ1) is 15.1. The molecule has 2 aromatic carbocycles. The summed E-state index contributed by atoms with van der Waals surface area (Å²) in [6.45, 7) is 4.31. The average molecular weight is 453 g/mol. The topological polar surface area (TPSA) is 72.2 Å². The fraction of sp³-hybridized carbons (Fsp3) is 0.500. The van der Waals surface area contributed by atoms with Gasteiger partial charge in [-0.05, 0) is 111 Å². The number of rotatable bonds is 3. The van der Waals surface area contributed by atoms with Crippen LogP contribution >= 0.6 is 0 Å². The number of aromatic nitrogens is 2. The van der Waals surface area contributed by atoms with Gasteiger partial charge >= 0.3 is 0 Å². The summed E-state index contributed by atoms with van der Waals surface area (Å²) in [7, 11) is -3.22. The van der Waals surface area contributed by atoms with Gasteiger partial charge in [-0.15, -0.1) is 0 Å². The second-order valence-electron chi connectivity index (χ2n) is 10.2. The molecule has 1 heterocycles. The molecule has 0 amide bonds. The third kappa shape index (κ3) is 3.48. The Morgan fingerprint density at radius 3 is 2.62 bits per heavy atom. The molecule has 2 aliphatic rings. The fourth-order valence-corrected chi connectivity index (χ4v) is 6.91. The third-order valence-corrected chi connectivity index (χ3v) is 9.17. The molecule has 1 saturated carbocycles. The van der Waals surface area contributed by atoms with Crippen LogP contribution < -0.4 is 0 Å². The lowest BCUT2D eigenvalue weighted by molar-refractivity contribution is -0.0339. The molecule has 5 rings (SSSR count). The van der Waals surface area contributed by atoms with Crippen molar-refractivity contribution in [2.24, 2.45) is 5.92 Å². The summed E-state index contributed by atoms with van der Waals surface area (Å²) < 4.78 is 25.5. The van der Waals surface area contributed by atoms with Crippen molar-refractivity contribution in [2.75, 3.05) is 6.26 Å². The largest absolute Gasteiger partial charge is 0.390 e. The van der Waals surface area contributed by atoms with E-state index in [0.717, 1.165) is 61.5 Å². The first kappa shape index (κ1) is 21.7. The molecule has 5 nitrogen and oxygen atoms in total. The van der Waals surface area contributed by atoms with Gasteiger partial charge in [0.15, 0.2) is 9.84 Å². The van der Waals surface area contributed by atoms with E-state index in [1.54, 1.807) is 12.1 Å². The van der Waals surface area contributed by atoms with Gasteiger partial charge in [-0.1, -0.05) is 6.92 Å². The lowest BCUT2D eigenvalue weighted by Gasteiger charge is -2.49. The van der Waals surface area contributed by atoms with E-state index in [1.165, 1.54) is 17.4 Å². The van der Waals surface area contributed by atoms with E-state index in [2.05, 4.69) is 24.2 Å². The number of nitrogens with zero attached hydrogens (tertiary/aromatic N) is 2. The third-order valence-electron chi connectivity index (χ3n) is 8.05. The number of aliphatic hydroxyl groups is 1. The second-order valence-corrected chi connectivity index (χ2v) is 12.2. The normalized spacial score (nSPS) is 28.2. The molecule has 3 aromatic rings. The van der Waals surface area contributed by atoms with Crippen LogP contribution in [-0.2, 0) is 21.7 Å². The lowest BCUT2D eigenvalue weighted by Crippen LogP contribution is -2.46. The maximum Gasteiger partial charge on any atom is 0.175 e. The van der Waals surface area contributed by atoms with Gasteiger partial charge in [-0.25, -0.2) is 13.1 Å². The summed E-state index contributed by atoms with van der Waals surface area (Å²) in [4.78, 5) is 0.315. The number of hydrogen-bond donors (Lipinski definition) is 1. The molecular formula is C26H32N2O3S. The summed E-state index contributed by atoms with van der Waals surface area (Å²) in [5.74, 6) is 0.508. The van der Waals surface area contributed by atoms with Crippen LogP contribution in [0.4, 0.5) is 0 Å². The van der Waals surface area contributed by atoms with Crippen LogP contribution in [0.2, 0.25) is 0 Å². The number of fused-ring (bicyclic) bond motifs is 4. The minimum Gasteiger partial charge on any atom is -0.390 e. The SMILES string of the molecule is CC[C@@]12CC[C@@](C)(O)C[C@H]1CCCc1cc3c(cnn3-c3ccc(S(C)(=O)=O)cc3)cc12. The Bertz CT molecular complexity index is 1270. The molecule has 0 radical (unpaired) electrons. The second kappa shape index (κ2) is 7.42. The van der Waals surface area contributed by atoms with Crippen LogP contribution in [0.15, 0.2) is 47.5 Å². The molecule has 2 aliphatic carbocycles. The van der Waals surface area contributed by atoms with Gasteiger partial charge in [0.25, 0.3) is 0 Å². The molecule has 0 saturated heterocycles. The molecule has 32 heavy (non-hydrogen) atoms. The summed E-state index contributed by atoms with van der Waals surface area (Å²) in [5.41, 5.74) is 4.35. The Balaban J connectivity index is 1.61. The Morgan fingerprint density at radius 2 is 1.94 bits per heavy atom. The first-order valence-corrected chi connectivity index (χ1v) is 13.6. The molecule has 170 valence electrons. The average Bonchev–Trinajstić information content (AvgIpc) is 3.09. The van der Waals surface area contributed by atoms with Crippen molar-refractivity contribution in [1.82, 2.24) is 9.78 Å². The predicted octanol–water partition coefficient (Wildman–Crippen LogP) is 4.96. The van der Waals surface area contributed by atoms with Gasteiger partial charge in [0.05, 0.1) is 27.9 Å². The van der Waals surface area contributed by atoms with Crippen LogP contribution in [0.3, 0.4) is 0 Å². The highest BCUT2D eigenvalue weighted by Crippen LogP contribution is 2.54. The Hall–Kier alpha value is -2.18. The van der Waals surface area contributed by atoms with Crippen LogP contribution in [-0.4, -0.2) is 35.2 Å². The number of hydrogen-bond acceptors (Lipinski definition) is 4. The summed E-state index contributed by atoms with van der Waals surface area (Å²) in [6.07, 6.45) is 10.3. The summed E-state index contributed by atoms with van der Waals surface area (Å²) >= 11 is 0. The zero-order chi connectivity index (χ0) is 22.7. The molecule has 0 spiro atoms. The van der Waals surface area contributed by atoms with E-state index in [4.69, 9.17) is 0 Å². The van der Waals surface area contributed by atoms with Crippen LogP contribution in [0.5, 0.6) is 0 Å². The molecule has 0 aliphatic heterocycles. The van der Waals surface area contributed by atoms with Crippen molar-refractivity contribution in [1.29, 1.82) is 0 Å². The van der Waals surface area contributed by atoms with Crippen molar-refractivity contribution in [3.8, 4) is 5.69 Å². The van der Waals surface area contributed by atoms with Gasteiger partial charge < -0.3 is 5.11 Å². The summed E-state index contributed by atoms with van der Waals surface area (Å²) in [5, 5.41) is 16.6. The molecular weight excluding hydrogens is 420 g/mol. The monoisotopic (exact) mass is 452 g/mol. The predicted molar refractivity (Wildman–Crippen MR) is 127 cm³/mol.